The average molecular weight is 393 g/mol. The van der Waals surface area contributed by atoms with Crippen LogP contribution in [0.25, 0.3) is 0 Å². The van der Waals surface area contributed by atoms with Crippen molar-refractivity contribution in [3.05, 3.63) is 36.7 Å². The number of hydrogen-bond acceptors (Lipinski definition) is 3. The first-order valence-electron chi connectivity index (χ1n) is 5.75. The molecular weight excluding hydrogens is 378 g/mol. The second kappa shape index (κ2) is 5.86. The number of rotatable bonds is 4. The van der Waals surface area contributed by atoms with Crippen LogP contribution in [0, 0.1) is 6.92 Å². The summed E-state index contributed by atoms with van der Waals surface area (Å²) < 4.78 is 4.18. The topological polar surface area (TPSA) is 43.8 Å². The summed E-state index contributed by atoms with van der Waals surface area (Å²) in [4.78, 5) is 1.18. The summed E-state index contributed by atoms with van der Waals surface area (Å²) >= 11 is 8.67. The summed E-state index contributed by atoms with van der Waals surface area (Å²) in [5.41, 5.74) is 8.52. The molecule has 0 saturated heterocycles. The quantitative estimate of drug-likeness (QED) is 0.853. The maximum Gasteiger partial charge on any atom is 0.0843 e. The Hall–Kier alpha value is -0.170. The van der Waals surface area contributed by atoms with Gasteiger partial charge in [0.05, 0.1) is 9.48 Å². The van der Waals surface area contributed by atoms with Gasteiger partial charge in [0.1, 0.15) is 0 Å². The molecule has 2 aromatic rings. The Bertz CT molecular complexity index is 528. The third kappa shape index (κ3) is 3.04. The van der Waals surface area contributed by atoms with Gasteiger partial charge in [-0.2, -0.15) is 5.10 Å². The molecule has 0 bridgehead atoms. The smallest absolute Gasteiger partial charge is 0.0843 e. The van der Waals surface area contributed by atoms with Crippen LogP contribution in [-0.4, -0.2) is 9.78 Å². The van der Waals surface area contributed by atoms with E-state index in [1.54, 1.807) is 11.3 Å². The number of nitrogens with two attached hydrogens (primary N) is 1. The highest BCUT2D eigenvalue weighted by Crippen LogP contribution is 2.35. The second-order valence-electron chi connectivity index (χ2n) is 4.17. The van der Waals surface area contributed by atoms with Crippen LogP contribution in [0.15, 0.2) is 20.4 Å². The fourth-order valence-electron chi connectivity index (χ4n) is 1.91. The van der Waals surface area contributed by atoms with Crippen molar-refractivity contribution < 1.29 is 0 Å². The number of aryl methyl sites for hydroxylation is 2. The number of halogens is 2. The minimum Gasteiger partial charge on any atom is -0.323 e. The van der Waals surface area contributed by atoms with Crippen molar-refractivity contribution in [3.63, 3.8) is 0 Å². The molecule has 0 spiro atoms. The predicted molar refractivity (Wildman–Crippen MR) is 83.0 cm³/mol. The molecule has 2 aromatic heterocycles. The first-order chi connectivity index (χ1) is 8.51. The van der Waals surface area contributed by atoms with E-state index in [0.29, 0.717) is 0 Å². The molecule has 0 saturated carbocycles. The summed E-state index contributed by atoms with van der Waals surface area (Å²) in [6.07, 6.45) is 0.814. The van der Waals surface area contributed by atoms with Crippen LogP contribution in [0.2, 0.25) is 0 Å². The highest BCUT2D eigenvalue weighted by molar-refractivity contribution is 9.13. The van der Waals surface area contributed by atoms with E-state index in [1.807, 2.05) is 11.6 Å². The van der Waals surface area contributed by atoms with Gasteiger partial charge in [0, 0.05) is 34.1 Å². The predicted octanol–water partition coefficient (Wildman–Crippen LogP) is 4.04. The van der Waals surface area contributed by atoms with Gasteiger partial charge in [-0.25, -0.2) is 0 Å². The van der Waals surface area contributed by atoms with E-state index in [0.717, 1.165) is 26.9 Å². The normalized spacial score (nSPS) is 12.9. The van der Waals surface area contributed by atoms with Gasteiger partial charge in [0.2, 0.25) is 0 Å². The molecule has 1 atom stereocenters. The Kier molecular flexibility index (Phi) is 4.64. The maximum absolute atomic E-state index is 6.27. The molecule has 0 amide bonds. The van der Waals surface area contributed by atoms with Crippen molar-refractivity contribution in [2.45, 2.75) is 32.9 Å². The van der Waals surface area contributed by atoms with Gasteiger partial charge in [-0.05, 0) is 57.8 Å². The molecule has 0 aromatic carbocycles. The fraction of sp³-hybridized carbons (Fsp3) is 0.417. The van der Waals surface area contributed by atoms with Crippen molar-refractivity contribution in [3.8, 4) is 0 Å². The lowest BCUT2D eigenvalue weighted by molar-refractivity contribution is 0.590. The minimum atomic E-state index is 0.0130. The molecule has 6 heteroatoms. The van der Waals surface area contributed by atoms with Crippen molar-refractivity contribution in [2.24, 2.45) is 5.73 Å². The van der Waals surface area contributed by atoms with E-state index in [2.05, 4.69) is 56.0 Å². The van der Waals surface area contributed by atoms with Gasteiger partial charge in [0.25, 0.3) is 0 Å². The zero-order chi connectivity index (χ0) is 13.3. The van der Waals surface area contributed by atoms with Crippen LogP contribution in [0.1, 0.15) is 29.2 Å². The summed E-state index contributed by atoms with van der Waals surface area (Å²) in [7, 11) is 0. The lowest BCUT2D eigenvalue weighted by Gasteiger charge is -2.10. The Labute approximate surface area is 128 Å². The SMILES string of the molecule is CCn1nc(C)cc1CC(N)c1cc(Br)c(Br)s1. The molecule has 0 fully saturated rings. The molecule has 0 aliphatic heterocycles. The van der Waals surface area contributed by atoms with E-state index in [9.17, 15) is 0 Å². The number of nitrogens with zero attached hydrogens (tertiary/aromatic N) is 2. The highest BCUT2D eigenvalue weighted by atomic mass is 79.9. The average Bonchev–Trinajstić information content (AvgIpc) is 2.83. The van der Waals surface area contributed by atoms with Gasteiger partial charge < -0.3 is 5.73 Å². The van der Waals surface area contributed by atoms with Gasteiger partial charge >= 0.3 is 0 Å². The molecule has 1 unspecified atom stereocenters. The van der Waals surface area contributed by atoms with E-state index in [1.165, 1.54) is 10.6 Å². The Balaban J connectivity index is 2.17. The van der Waals surface area contributed by atoms with Crippen LogP contribution in [0.5, 0.6) is 0 Å². The van der Waals surface area contributed by atoms with Crippen molar-refractivity contribution in [1.29, 1.82) is 0 Å². The standard InChI is InChI=1S/C12H15Br2N3S/c1-3-17-8(4-7(2)16-17)5-10(15)11-6-9(13)12(14)18-11/h4,6,10H,3,5,15H2,1-2H3. The van der Waals surface area contributed by atoms with Crippen LogP contribution in [0.4, 0.5) is 0 Å². The summed E-state index contributed by atoms with van der Waals surface area (Å²) in [5.74, 6) is 0. The van der Waals surface area contributed by atoms with Crippen LogP contribution in [-0.2, 0) is 13.0 Å². The number of aromatic nitrogens is 2. The summed E-state index contributed by atoms with van der Waals surface area (Å²) in [6, 6.07) is 4.21. The zero-order valence-electron chi connectivity index (χ0n) is 10.3. The third-order valence-electron chi connectivity index (χ3n) is 2.74. The second-order valence-corrected chi connectivity index (χ2v) is 7.43. The monoisotopic (exact) mass is 391 g/mol. The molecule has 0 aliphatic carbocycles. The Morgan fingerprint density at radius 1 is 1.44 bits per heavy atom. The maximum atomic E-state index is 6.27. The van der Waals surface area contributed by atoms with Crippen LogP contribution in [0.3, 0.4) is 0 Å². The van der Waals surface area contributed by atoms with Crippen molar-refractivity contribution in [2.75, 3.05) is 0 Å². The third-order valence-corrected chi connectivity index (χ3v) is 6.13. The lowest BCUT2D eigenvalue weighted by Crippen LogP contribution is -2.15. The first kappa shape index (κ1) is 14.2. The zero-order valence-corrected chi connectivity index (χ0v) is 14.3. The van der Waals surface area contributed by atoms with Gasteiger partial charge in [-0.1, -0.05) is 0 Å². The molecule has 0 radical (unpaired) electrons. The summed E-state index contributed by atoms with van der Waals surface area (Å²) in [5, 5.41) is 4.44. The molecule has 0 aliphatic rings. The van der Waals surface area contributed by atoms with E-state index in [-0.39, 0.29) is 6.04 Å². The molecule has 18 heavy (non-hydrogen) atoms. The number of thiophene rings is 1. The van der Waals surface area contributed by atoms with E-state index >= 15 is 0 Å². The molecular formula is C12H15Br2N3S. The molecule has 2 heterocycles. The fourth-order valence-corrected chi connectivity index (χ4v) is 4.00. The number of hydrogen-bond donors (Lipinski definition) is 1. The highest BCUT2D eigenvalue weighted by Gasteiger charge is 2.15. The van der Waals surface area contributed by atoms with Crippen molar-refractivity contribution in [1.82, 2.24) is 9.78 Å². The van der Waals surface area contributed by atoms with Crippen LogP contribution >= 0.6 is 43.2 Å². The molecule has 2 N–H and O–H groups in total. The first-order valence-corrected chi connectivity index (χ1v) is 8.15. The molecule has 3 nitrogen and oxygen atoms in total. The Morgan fingerprint density at radius 3 is 2.72 bits per heavy atom. The van der Waals surface area contributed by atoms with Gasteiger partial charge in [-0.3, -0.25) is 4.68 Å². The lowest BCUT2D eigenvalue weighted by atomic mass is 10.1. The minimum absolute atomic E-state index is 0.0130. The molecule has 2 rings (SSSR count). The van der Waals surface area contributed by atoms with Gasteiger partial charge in [0.15, 0.2) is 0 Å². The largest absolute Gasteiger partial charge is 0.323 e. The van der Waals surface area contributed by atoms with E-state index in [4.69, 9.17) is 5.73 Å². The van der Waals surface area contributed by atoms with Gasteiger partial charge in [-0.15, -0.1) is 11.3 Å². The summed E-state index contributed by atoms with van der Waals surface area (Å²) in [6.45, 7) is 4.99. The molecule has 98 valence electrons. The van der Waals surface area contributed by atoms with Crippen molar-refractivity contribution >= 4 is 43.2 Å². The Morgan fingerprint density at radius 2 is 2.17 bits per heavy atom. The van der Waals surface area contributed by atoms with Crippen LogP contribution < -0.4 is 5.73 Å². The van der Waals surface area contributed by atoms with E-state index < -0.39 is 0 Å².